The Balaban J connectivity index is 1.60. The van der Waals surface area contributed by atoms with Crippen LogP contribution in [0.15, 0.2) is 60.7 Å². The van der Waals surface area contributed by atoms with E-state index in [-0.39, 0.29) is 25.0 Å². The third-order valence-electron chi connectivity index (χ3n) is 6.57. The third-order valence-corrected chi connectivity index (χ3v) is 6.57. The molecule has 2 fully saturated rings. The van der Waals surface area contributed by atoms with E-state index in [0.717, 1.165) is 11.1 Å². The number of ether oxygens (including phenoxy) is 3. The molecule has 0 unspecified atom stereocenters. The van der Waals surface area contributed by atoms with Crippen LogP contribution in [0.4, 0.5) is 0 Å². The summed E-state index contributed by atoms with van der Waals surface area (Å²) in [5.74, 6) is -3.10. The summed E-state index contributed by atoms with van der Waals surface area (Å²) in [4.78, 5) is 41.6. The van der Waals surface area contributed by atoms with Gasteiger partial charge >= 0.3 is 11.9 Å². The molecule has 1 amide bonds. The molecule has 2 aromatic carbocycles. The Morgan fingerprint density at radius 1 is 1.06 bits per heavy atom. The van der Waals surface area contributed by atoms with E-state index in [1.807, 2.05) is 67.6 Å². The van der Waals surface area contributed by atoms with Gasteiger partial charge in [-0.05, 0) is 45.6 Å². The Hall–Kier alpha value is -3.19. The number of carbonyl (C=O) groups excluding carboxylic acids is 3. The second-order valence-corrected chi connectivity index (χ2v) is 10.4. The Bertz CT molecular complexity index is 1060. The second-order valence-electron chi connectivity index (χ2n) is 10.4. The Kier molecular flexibility index (Phi) is 6.99. The van der Waals surface area contributed by atoms with Gasteiger partial charge in [-0.1, -0.05) is 60.7 Å². The molecule has 4 atom stereocenters. The fourth-order valence-corrected chi connectivity index (χ4v) is 5.03. The number of piperidine rings is 1. The van der Waals surface area contributed by atoms with Crippen LogP contribution < -0.4 is 0 Å². The van der Waals surface area contributed by atoms with Gasteiger partial charge in [-0.15, -0.1) is 0 Å². The van der Waals surface area contributed by atoms with Crippen LogP contribution >= 0.6 is 0 Å². The molecule has 4 rings (SSSR count). The van der Waals surface area contributed by atoms with Crippen molar-refractivity contribution in [3.8, 4) is 0 Å². The first kappa shape index (κ1) is 24.9. The fraction of sp³-hybridized carbons (Fsp3) is 0.464. The number of hydrogen-bond acceptors (Lipinski definition) is 6. The molecule has 0 saturated carbocycles. The molecule has 35 heavy (non-hydrogen) atoms. The van der Waals surface area contributed by atoms with E-state index < -0.39 is 35.1 Å². The van der Waals surface area contributed by atoms with Gasteiger partial charge in [0.25, 0.3) is 0 Å². The lowest BCUT2D eigenvalue weighted by molar-refractivity contribution is -0.174. The van der Waals surface area contributed by atoms with Crippen molar-refractivity contribution in [1.82, 2.24) is 4.90 Å². The number of fused-ring (bicyclic) bond motifs is 1. The molecular formula is C28H33NO6. The zero-order valence-corrected chi connectivity index (χ0v) is 20.7. The average molecular weight is 480 g/mol. The van der Waals surface area contributed by atoms with Crippen LogP contribution in [-0.4, -0.2) is 41.0 Å². The lowest BCUT2D eigenvalue weighted by Crippen LogP contribution is -2.57. The van der Waals surface area contributed by atoms with Crippen LogP contribution in [0.3, 0.4) is 0 Å². The van der Waals surface area contributed by atoms with Crippen LogP contribution in [0, 0.1) is 11.8 Å². The molecule has 2 aliphatic heterocycles. The molecule has 2 aromatic rings. The highest BCUT2D eigenvalue weighted by molar-refractivity contribution is 5.99. The molecule has 0 aromatic heterocycles. The molecule has 7 nitrogen and oxygen atoms in total. The van der Waals surface area contributed by atoms with E-state index in [4.69, 9.17) is 14.2 Å². The maximum Gasteiger partial charge on any atom is 0.319 e. The van der Waals surface area contributed by atoms with Crippen molar-refractivity contribution in [2.45, 2.75) is 64.5 Å². The zero-order chi connectivity index (χ0) is 25.2. The van der Waals surface area contributed by atoms with Crippen LogP contribution in [0.1, 0.15) is 51.7 Å². The van der Waals surface area contributed by atoms with Crippen molar-refractivity contribution < 1.29 is 28.6 Å². The van der Waals surface area contributed by atoms with Crippen LogP contribution in [-0.2, 0) is 40.9 Å². The van der Waals surface area contributed by atoms with E-state index in [9.17, 15) is 14.4 Å². The molecular weight excluding hydrogens is 446 g/mol. The Labute approximate surface area is 206 Å². The molecule has 186 valence electrons. The largest absolute Gasteiger partial charge is 0.460 e. The average Bonchev–Trinajstić information content (AvgIpc) is 3.15. The van der Waals surface area contributed by atoms with Crippen molar-refractivity contribution in [1.29, 1.82) is 0 Å². The van der Waals surface area contributed by atoms with Gasteiger partial charge in [0.15, 0.2) is 5.72 Å². The highest BCUT2D eigenvalue weighted by atomic mass is 16.6. The third kappa shape index (κ3) is 5.40. The molecule has 2 saturated heterocycles. The highest BCUT2D eigenvalue weighted by Gasteiger charge is 2.57. The molecule has 2 aliphatic rings. The second kappa shape index (κ2) is 9.82. The summed E-state index contributed by atoms with van der Waals surface area (Å²) in [5, 5.41) is 0. The lowest BCUT2D eigenvalue weighted by Gasteiger charge is -2.44. The summed E-state index contributed by atoms with van der Waals surface area (Å²) in [6.07, 6.45) is 0.402. The smallest absolute Gasteiger partial charge is 0.319 e. The summed E-state index contributed by atoms with van der Waals surface area (Å²) in [6.45, 7) is 7.61. The van der Waals surface area contributed by atoms with Gasteiger partial charge in [-0.2, -0.15) is 0 Å². The molecule has 2 heterocycles. The summed E-state index contributed by atoms with van der Waals surface area (Å²) in [7, 11) is 0. The van der Waals surface area contributed by atoms with E-state index >= 15 is 0 Å². The van der Waals surface area contributed by atoms with Crippen molar-refractivity contribution >= 4 is 17.8 Å². The van der Waals surface area contributed by atoms with Crippen LogP contribution in [0.5, 0.6) is 0 Å². The number of carbonyl (C=O) groups is 3. The zero-order valence-electron chi connectivity index (χ0n) is 20.7. The summed E-state index contributed by atoms with van der Waals surface area (Å²) < 4.78 is 17.3. The van der Waals surface area contributed by atoms with Gasteiger partial charge in [-0.25, -0.2) is 0 Å². The molecule has 0 spiro atoms. The number of hydrogen-bond donors (Lipinski definition) is 0. The Morgan fingerprint density at radius 2 is 1.69 bits per heavy atom. The van der Waals surface area contributed by atoms with Crippen molar-refractivity contribution in [3.63, 3.8) is 0 Å². The minimum Gasteiger partial charge on any atom is -0.460 e. The van der Waals surface area contributed by atoms with Gasteiger partial charge in [0, 0.05) is 12.0 Å². The number of nitrogens with zero attached hydrogens (tertiary/aromatic N) is 1. The Morgan fingerprint density at radius 3 is 2.31 bits per heavy atom. The number of benzene rings is 2. The number of amides is 1. The van der Waals surface area contributed by atoms with Gasteiger partial charge in [-0.3, -0.25) is 14.4 Å². The number of rotatable bonds is 6. The van der Waals surface area contributed by atoms with Crippen molar-refractivity contribution in [2.24, 2.45) is 11.8 Å². The maximum atomic E-state index is 13.9. The molecule has 0 aliphatic carbocycles. The minimum atomic E-state index is -1.12. The van der Waals surface area contributed by atoms with Gasteiger partial charge < -0.3 is 19.1 Å². The number of esters is 2. The van der Waals surface area contributed by atoms with Gasteiger partial charge in [0.05, 0.1) is 12.6 Å². The predicted octanol–water partition coefficient (Wildman–Crippen LogP) is 4.20. The van der Waals surface area contributed by atoms with Gasteiger partial charge in [0.2, 0.25) is 5.91 Å². The molecule has 0 bridgehead atoms. The molecule has 0 radical (unpaired) electrons. The van der Waals surface area contributed by atoms with Crippen LogP contribution in [0.25, 0.3) is 0 Å². The standard InChI is InChI=1S/C28H33NO6/c1-27(2,3)35-23(30)16-20-15-22-18-34-28(4,21-13-9-6-10-14-21)29(22)25(31)24(20)26(32)33-17-19-11-7-5-8-12-19/h5-14,20,22,24H,15-18H2,1-4H3/t20-,22-,24-,28-/m0/s1. The first-order valence-corrected chi connectivity index (χ1v) is 12.0. The monoisotopic (exact) mass is 479 g/mol. The normalized spacial score (nSPS) is 26.2. The highest BCUT2D eigenvalue weighted by Crippen LogP contribution is 2.45. The first-order valence-electron chi connectivity index (χ1n) is 12.0. The van der Waals surface area contributed by atoms with Crippen LogP contribution in [0.2, 0.25) is 0 Å². The maximum absolute atomic E-state index is 13.9. The van der Waals surface area contributed by atoms with Gasteiger partial charge in [0.1, 0.15) is 18.1 Å². The quantitative estimate of drug-likeness (QED) is 0.456. The SMILES string of the molecule is CC(C)(C)OC(=O)C[C@@H]1C[C@H]2CO[C@@](C)(c3ccccc3)N2C(=O)[C@H]1C(=O)OCc1ccccc1. The first-order chi connectivity index (χ1) is 16.6. The predicted molar refractivity (Wildman–Crippen MR) is 129 cm³/mol. The summed E-state index contributed by atoms with van der Waals surface area (Å²) in [6, 6.07) is 18.5. The molecule has 7 heteroatoms. The van der Waals surface area contributed by atoms with E-state index in [1.54, 1.807) is 25.7 Å². The van der Waals surface area contributed by atoms with E-state index in [1.165, 1.54) is 0 Å². The van der Waals surface area contributed by atoms with Crippen molar-refractivity contribution in [3.05, 3.63) is 71.8 Å². The molecule has 0 N–H and O–H groups in total. The topological polar surface area (TPSA) is 82.1 Å². The summed E-state index contributed by atoms with van der Waals surface area (Å²) >= 11 is 0. The fourth-order valence-electron chi connectivity index (χ4n) is 5.03. The summed E-state index contributed by atoms with van der Waals surface area (Å²) in [5.41, 5.74) is -0.00662. The lowest BCUT2D eigenvalue weighted by atomic mass is 9.78. The van der Waals surface area contributed by atoms with E-state index in [0.29, 0.717) is 13.0 Å². The minimum absolute atomic E-state index is 0.0412. The van der Waals surface area contributed by atoms with E-state index in [2.05, 4.69) is 0 Å². The van der Waals surface area contributed by atoms with Crippen molar-refractivity contribution in [2.75, 3.05) is 6.61 Å².